The van der Waals surface area contributed by atoms with Gasteiger partial charge >= 0.3 is 0 Å². The van der Waals surface area contributed by atoms with Gasteiger partial charge in [-0.3, -0.25) is 4.79 Å². The predicted octanol–water partition coefficient (Wildman–Crippen LogP) is 5.88. The molecule has 144 valence electrons. The molecule has 4 nitrogen and oxygen atoms in total. The van der Waals surface area contributed by atoms with Crippen LogP contribution in [0.3, 0.4) is 0 Å². The first-order valence-electron chi connectivity index (χ1n) is 9.46. The summed E-state index contributed by atoms with van der Waals surface area (Å²) in [6, 6.07) is 23.6. The molecule has 0 atom stereocenters. The van der Waals surface area contributed by atoms with E-state index in [1.165, 1.54) is 11.1 Å². The molecule has 0 aromatic heterocycles. The third-order valence-electron chi connectivity index (χ3n) is 4.43. The number of rotatable bonds is 7. The summed E-state index contributed by atoms with van der Waals surface area (Å²) in [5, 5.41) is 6.27. The highest BCUT2D eigenvalue weighted by Crippen LogP contribution is 2.25. The molecule has 1 amide bonds. The van der Waals surface area contributed by atoms with Crippen LogP contribution in [0.4, 0.5) is 17.1 Å². The van der Waals surface area contributed by atoms with E-state index in [4.69, 9.17) is 4.74 Å². The lowest BCUT2D eigenvalue weighted by Gasteiger charge is -2.14. The van der Waals surface area contributed by atoms with E-state index in [1.807, 2.05) is 66.7 Å². The van der Waals surface area contributed by atoms with Gasteiger partial charge in [-0.2, -0.15) is 0 Å². The Morgan fingerprint density at radius 3 is 2.36 bits per heavy atom. The fourth-order valence-electron chi connectivity index (χ4n) is 2.79. The van der Waals surface area contributed by atoms with Gasteiger partial charge in [-0.1, -0.05) is 55.8 Å². The first-order valence-corrected chi connectivity index (χ1v) is 9.46. The Morgan fingerprint density at radius 2 is 1.64 bits per heavy atom. The Bertz CT molecular complexity index is 933. The van der Waals surface area contributed by atoms with E-state index < -0.39 is 0 Å². The topological polar surface area (TPSA) is 50.4 Å². The van der Waals surface area contributed by atoms with Crippen LogP contribution >= 0.6 is 0 Å². The number of ether oxygens (including phenoxy) is 1. The van der Waals surface area contributed by atoms with E-state index in [0.29, 0.717) is 17.4 Å². The predicted molar refractivity (Wildman–Crippen MR) is 116 cm³/mol. The van der Waals surface area contributed by atoms with E-state index in [2.05, 4.69) is 37.5 Å². The van der Waals surface area contributed by atoms with E-state index in [0.717, 1.165) is 11.4 Å². The van der Waals surface area contributed by atoms with Gasteiger partial charge in [0.05, 0.1) is 11.4 Å². The van der Waals surface area contributed by atoms with Crippen molar-refractivity contribution in [2.24, 2.45) is 0 Å². The van der Waals surface area contributed by atoms with Crippen LogP contribution in [-0.4, -0.2) is 12.5 Å². The highest BCUT2D eigenvalue weighted by molar-refractivity contribution is 5.95. The highest BCUT2D eigenvalue weighted by Gasteiger charge is 2.09. The summed E-state index contributed by atoms with van der Waals surface area (Å²) < 4.78 is 5.67. The quantitative estimate of drug-likeness (QED) is 0.543. The summed E-state index contributed by atoms with van der Waals surface area (Å²) in [5.41, 5.74) is 4.90. The van der Waals surface area contributed by atoms with Gasteiger partial charge in [0.1, 0.15) is 5.75 Å². The van der Waals surface area contributed by atoms with Crippen molar-refractivity contribution in [1.82, 2.24) is 0 Å². The minimum absolute atomic E-state index is 0.0413. The van der Waals surface area contributed by atoms with Crippen LogP contribution in [-0.2, 0) is 4.79 Å². The molecule has 0 spiro atoms. The maximum atomic E-state index is 12.4. The Morgan fingerprint density at radius 1 is 0.929 bits per heavy atom. The van der Waals surface area contributed by atoms with Crippen LogP contribution in [0.25, 0.3) is 0 Å². The lowest BCUT2D eigenvalue weighted by Crippen LogP contribution is -2.20. The lowest BCUT2D eigenvalue weighted by atomic mass is 10.0. The van der Waals surface area contributed by atoms with E-state index in [1.54, 1.807) is 0 Å². The maximum Gasteiger partial charge on any atom is 0.262 e. The molecule has 28 heavy (non-hydrogen) atoms. The van der Waals surface area contributed by atoms with Gasteiger partial charge in [-0.05, 0) is 54.8 Å². The molecule has 0 bridgehead atoms. The fraction of sp³-hybridized carbons (Fsp3) is 0.208. The third-order valence-corrected chi connectivity index (χ3v) is 4.43. The van der Waals surface area contributed by atoms with Gasteiger partial charge in [0.2, 0.25) is 0 Å². The molecule has 0 saturated carbocycles. The molecule has 0 fully saturated rings. The van der Waals surface area contributed by atoms with Gasteiger partial charge in [-0.15, -0.1) is 0 Å². The second-order valence-corrected chi connectivity index (χ2v) is 7.10. The third kappa shape index (κ3) is 5.36. The van der Waals surface area contributed by atoms with E-state index in [-0.39, 0.29) is 12.5 Å². The molecule has 0 saturated heterocycles. The molecule has 0 heterocycles. The molecule has 4 heteroatoms. The summed E-state index contributed by atoms with van der Waals surface area (Å²) in [5.74, 6) is 0.914. The van der Waals surface area contributed by atoms with Crippen LogP contribution in [0, 0.1) is 6.92 Å². The first kappa shape index (κ1) is 19.5. The van der Waals surface area contributed by atoms with Gasteiger partial charge < -0.3 is 15.4 Å². The van der Waals surface area contributed by atoms with Crippen molar-refractivity contribution < 1.29 is 9.53 Å². The van der Waals surface area contributed by atoms with Crippen LogP contribution in [0.1, 0.15) is 30.9 Å². The van der Waals surface area contributed by atoms with Gasteiger partial charge in [0.25, 0.3) is 5.91 Å². The smallest absolute Gasteiger partial charge is 0.262 e. The maximum absolute atomic E-state index is 12.4. The zero-order chi connectivity index (χ0) is 19.9. The number of carbonyl (C=O) groups excluding carboxylic acids is 1. The Labute approximate surface area is 166 Å². The highest BCUT2D eigenvalue weighted by atomic mass is 16.5. The molecule has 0 radical (unpaired) electrons. The van der Waals surface area contributed by atoms with Crippen molar-refractivity contribution in [2.45, 2.75) is 26.7 Å². The summed E-state index contributed by atoms with van der Waals surface area (Å²) in [6.07, 6.45) is 0. The van der Waals surface area contributed by atoms with Crippen molar-refractivity contribution in [3.05, 3.63) is 83.9 Å². The average molecular weight is 374 g/mol. The average Bonchev–Trinajstić information content (AvgIpc) is 2.70. The molecule has 0 unspecified atom stereocenters. The Kier molecular flexibility index (Phi) is 6.33. The van der Waals surface area contributed by atoms with Crippen LogP contribution in [0.2, 0.25) is 0 Å². The summed E-state index contributed by atoms with van der Waals surface area (Å²) in [7, 11) is 0. The molecule has 3 aromatic carbocycles. The molecular formula is C24H26N2O2. The summed E-state index contributed by atoms with van der Waals surface area (Å²) >= 11 is 0. The van der Waals surface area contributed by atoms with E-state index >= 15 is 0 Å². The number of aryl methyl sites for hydroxylation is 1. The number of hydrogen-bond donors (Lipinski definition) is 2. The number of para-hydroxylation sites is 2. The minimum atomic E-state index is -0.201. The Hall–Kier alpha value is -3.27. The van der Waals surface area contributed by atoms with Crippen molar-refractivity contribution in [3.63, 3.8) is 0 Å². The molecule has 3 aromatic rings. The van der Waals surface area contributed by atoms with Crippen LogP contribution < -0.4 is 15.4 Å². The number of hydrogen-bond acceptors (Lipinski definition) is 3. The normalized spacial score (nSPS) is 10.6. The molecule has 0 aliphatic heterocycles. The van der Waals surface area contributed by atoms with Crippen molar-refractivity contribution in [1.29, 1.82) is 0 Å². The second kappa shape index (κ2) is 9.09. The first-order chi connectivity index (χ1) is 13.5. The number of benzene rings is 3. The summed E-state index contributed by atoms with van der Waals surface area (Å²) in [6.45, 7) is 6.27. The molecule has 0 aliphatic rings. The standard InChI is InChI=1S/C24H26N2O2/c1-17(2)19-7-6-8-21(15-19)28-16-24(27)26-23-10-5-4-9-22(23)25-20-13-11-18(3)12-14-20/h4-15,17,25H,16H2,1-3H3,(H,26,27). The lowest BCUT2D eigenvalue weighted by molar-refractivity contribution is -0.118. The second-order valence-electron chi connectivity index (χ2n) is 7.10. The fourth-order valence-corrected chi connectivity index (χ4v) is 2.79. The molecule has 3 rings (SSSR count). The van der Waals surface area contributed by atoms with Crippen molar-refractivity contribution >= 4 is 23.0 Å². The minimum Gasteiger partial charge on any atom is -0.484 e. The summed E-state index contributed by atoms with van der Waals surface area (Å²) in [4.78, 5) is 12.4. The molecule has 0 aliphatic carbocycles. The van der Waals surface area contributed by atoms with Crippen molar-refractivity contribution in [3.8, 4) is 5.75 Å². The number of amides is 1. The van der Waals surface area contributed by atoms with Gasteiger partial charge in [0, 0.05) is 5.69 Å². The van der Waals surface area contributed by atoms with Crippen molar-refractivity contribution in [2.75, 3.05) is 17.2 Å². The van der Waals surface area contributed by atoms with Gasteiger partial charge in [0.15, 0.2) is 6.61 Å². The van der Waals surface area contributed by atoms with Crippen LogP contribution in [0.15, 0.2) is 72.8 Å². The zero-order valence-corrected chi connectivity index (χ0v) is 16.5. The monoisotopic (exact) mass is 374 g/mol. The molecular weight excluding hydrogens is 348 g/mol. The number of anilines is 3. The van der Waals surface area contributed by atoms with E-state index in [9.17, 15) is 4.79 Å². The Balaban J connectivity index is 1.62. The number of nitrogens with one attached hydrogen (secondary N) is 2. The largest absolute Gasteiger partial charge is 0.484 e. The van der Waals surface area contributed by atoms with Gasteiger partial charge in [-0.25, -0.2) is 0 Å². The zero-order valence-electron chi connectivity index (χ0n) is 16.5. The SMILES string of the molecule is Cc1ccc(Nc2ccccc2NC(=O)COc2cccc(C(C)C)c2)cc1. The van der Waals surface area contributed by atoms with Crippen LogP contribution in [0.5, 0.6) is 5.75 Å². The number of carbonyl (C=O) groups is 1. The molecule has 2 N–H and O–H groups in total.